The highest BCUT2D eigenvalue weighted by atomic mass is 16.5. The van der Waals surface area contributed by atoms with Gasteiger partial charge >= 0.3 is 0 Å². The van der Waals surface area contributed by atoms with Crippen LogP contribution in [0, 0.1) is 0 Å². The first kappa shape index (κ1) is 12.0. The molecule has 0 saturated carbocycles. The summed E-state index contributed by atoms with van der Waals surface area (Å²) in [4.78, 5) is 2.46. The molecule has 1 aliphatic rings. The number of aliphatic hydroxyl groups is 1. The van der Waals surface area contributed by atoms with Gasteiger partial charge in [0, 0.05) is 32.3 Å². The maximum absolute atomic E-state index is 9.58. The number of likely N-dealkylation sites (tertiary alicyclic amines) is 1. The quantitative estimate of drug-likeness (QED) is 0.695. The van der Waals surface area contributed by atoms with Crippen LogP contribution in [0.4, 0.5) is 0 Å². The molecule has 0 bridgehead atoms. The number of aliphatic hydroxyl groups excluding tert-OH is 1. The molecule has 1 heterocycles. The van der Waals surface area contributed by atoms with Gasteiger partial charge in [0.05, 0.1) is 6.10 Å². The molecule has 84 valence electrons. The average Bonchev–Trinajstić information content (AvgIpc) is 2.08. The molecule has 14 heavy (non-hydrogen) atoms. The van der Waals surface area contributed by atoms with Crippen molar-refractivity contribution in [1.82, 2.24) is 4.90 Å². The van der Waals surface area contributed by atoms with Crippen molar-refractivity contribution in [2.45, 2.75) is 44.8 Å². The lowest BCUT2D eigenvalue weighted by atomic mass is 9.88. The number of rotatable bonds is 4. The first-order valence-electron chi connectivity index (χ1n) is 5.48. The van der Waals surface area contributed by atoms with Gasteiger partial charge in [-0.05, 0) is 33.1 Å². The van der Waals surface area contributed by atoms with Gasteiger partial charge in [0.1, 0.15) is 0 Å². The van der Waals surface area contributed by atoms with Crippen molar-refractivity contribution < 1.29 is 9.84 Å². The molecule has 1 N–H and O–H groups in total. The van der Waals surface area contributed by atoms with Gasteiger partial charge in [-0.1, -0.05) is 0 Å². The molecule has 0 aromatic carbocycles. The molecule has 0 amide bonds. The van der Waals surface area contributed by atoms with Crippen molar-refractivity contribution in [1.29, 1.82) is 0 Å². The maximum atomic E-state index is 9.58. The number of hydrogen-bond donors (Lipinski definition) is 1. The number of methoxy groups -OCH3 is 1. The van der Waals surface area contributed by atoms with E-state index < -0.39 is 0 Å². The van der Waals surface area contributed by atoms with Crippen LogP contribution in [0.3, 0.4) is 0 Å². The Hall–Kier alpha value is -0.120. The summed E-state index contributed by atoms with van der Waals surface area (Å²) in [5.74, 6) is 0. The molecule has 1 unspecified atom stereocenters. The third-order valence-corrected chi connectivity index (χ3v) is 3.10. The summed E-state index contributed by atoms with van der Waals surface area (Å²) in [6.45, 7) is 7.34. The number of hydrogen-bond acceptors (Lipinski definition) is 3. The molecular weight excluding hydrogens is 178 g/mol. The zero-order valence-electron chi connectivity index (χ0n) is 9.62. The minimum Gasteiger partial charge on any atom is -0.393 e. The Kier molecular flexibility index (Phi) is 4.35. The van der Waals surface area contributed by atoms with Crippen molar-refractivity contribution in [2.24, 2.45) is 0 Å². The molecule has 1 fully saturated rings. The van der Waals surface area contributed by atoms with Gasteiger partial charge in [0.2, 0.25) is 0 Å². The van der Waals surface area contributed by atoms with E-state index in [1.165, 1.54) is 0 Å². The highest BCUT2D eigenvalue weighted by Gasteiger charge is 2.33. The summed E-state index contributed by atoms with van der Waals surface area (Å²) in [5.41, 5.74) is 0.144. The van der Waals surface area contributed by atoms with Crippen molar-refractivity contribution in [3.63, 3.8) is 0 Å². The molecule has 1 saturated heterocycles. The normalized spacial score (nSPS) is 27.9. The summed E-state index contributed by atoms with van der Waals surface area (Å²) in [7, 11) is 1.74. The molecule has 0 aromatic rings. The lowest BCUT2D eigenvalue weighted by molar-refractivity contribution is -0.00569. The van der Waals surface area contributed by atoms with Crippen LogP contribution < -0.4 is 0 Å². The van der Waals surface area contributed by atoms with E-state index in [0.717, 1.165) is 39.0 Å². The van der Waals surface area contributed by atoms with E-state index in [1.54, 1.807) is 7.11 Å². The van der Waals surface area contributed by atoms with Crippen LogP contribution in [-0.4, -0.2) is 48.5 Å². The first-order valence-corrected chi connectivity index (χ1v) is 5.48. The smallest absolute Gasteiger partial charge is 0.0569 e. The van der Waals surface area contributed by atoms with Gasteiger partial charge in [0.15, 0.2) is 0 Å². The second kappa shape index (κ2) is 5.10. The van der Waals surface area contributed by atoms with Crippen molar-refractivity contribution >= 4 is 0 Å². The van der Waals surface area contributed by atoms with Gasteiger partial charge in [-0.15, -0.1) is 0 Å². The second-order valence-electron chi connectivity index (χ2n) is 4.79. The standard InChI is InChI=1S/C11H23NO2/c1-11(2)9-10(13)5-7-12(11)6-4-8-14-3/h10,13H,4-9H2,1-3H3. The SMILES string of the molecule is COCCCN1CCC(O)CC1(C)C. The van der Waals surface area contributed by atoms with E-state index in [9.17, 15) is 5.11 Å². The molecule has 0 radical (unpaired) electrons. The fourth-order valence-corrected chi connectivity index (χ4v) is 2.23. The van der Waals surface area contributed by atoms with Crippen LogP contribution in [-0.2, 0) is 4.74 Å². The number of piperidine rings is 1. The Morgan fingerprint density at radius 3 is 2.79 bits per heavy atom. The lowest BCUT2D eigenvalue weighted by Gasteiger charge is -2.44. The van der Waals surface area contributed by atoms with Crippen LogP contribution in [0.2, 0.25) is 0 Å². The van der Waals surface area contributed by atoms with E-state index in [1.807, 2.05) is 0 Å². The van der Waals surface area contributed by atoms with E-state index in [4.69, 9.17) is 4.74 Å². The average molecular weight is 201 g/mol. The van der Waals surface area contributed by atoms with Crippen LogP contribution in [0.1, 0.15) is 33.1 Å². The van der Waals surface area contributed by atoms with E-state index >= 15 is 0 Å². The van der Waals surface area contributed by atoms with E-state index in [2.05, 4.69) is 18.7 Å². The Labute approximate surface area is 87.1 Å². The Morgan fingerprint density at radius 2 is 2.21 bits per heavy atom. The van der Waals surface area contributed by atoms with Gasteiger partial charge in [-0.25, -0.2) is 0 Å². The van der Waals surface area contributed by atoms with Gasteiger partial charge in [-0.2, -0.15) is 0 Å². The van der Waals surface area contributed by atoms with Gasteiger partial charge in [-0.3, -0.25) is 4.90 Å². The third-order valence-electron chi connectivity index (χ3n) is 3.10. The highest BCUT2D eigenvalue weighted by molar-refractivity contribution is 4.89. The molecule has 1 aliphatic heterocycles. The van der Waals surface area contributed by atoms with Crippen LogP contribution in [0.25, 0.3) is 0 Å². The first-order chi connectivity index (χ1) is 6.56. The Balaban J connectivity index is 2.36. The van der Waals surface area contributed by atoms with Crippen molar-refractivity contribution in [3.05, 3.63) is 0 Å². The van der Waals surface area contributed by atoms with Crippen LogP contribution in [0.15, 0.2) is 0 Å². The summed E-state index contributed by atoms with van der Waals surface area (Å²) in [5, 5.41) is 9.58. The molecule has 0 aliphatic carbocycles. The monoisotopic (exact) mass is 201 g/mol. The zero-order chi connectivity index (χ0) is 10.6. The largest absolute Gasteiger partial charge is 0.393 e. The van der Waals surface area contributed by atoms with Crippen molar-refractivity contribution in [2.75, 3.05) is 26.8 Å². The molecular formula is C11H23NO2. The Morgan fingerprint density at radius 1 is 1.50 bits per heavy atom. The van der Waals surface area contributed by atoms with Crippen LogP contribution >= 0.6 is 0 Å². The molecule has 0 spiro atoms. The molecule has 3 nitrogen and oxygen atoms in total. The van der Waals surface area contributed by atoms with Crippen LogP contribution in [0.5, 0.6) is 0 Å². The molecule has 0 aromatic heterocycles. The molecule has 1 atom stereocenters. The fraction of sp³-hybridized carbons (Fsp3) is 1.00. The summed E-state index contributed by atoms with van der Waals surface area (Å²) < 4.78 is 5.05. The topological polar surface area (TPSA) is 32.7 Å². The maximum Gasteiger partial charge on any atom is 0.0569 e. The summed E-state index contributed by atoms with van der Waals surface area (Å²) >= 11 is 0. The minimum atomic E-state index is -0.108. The number of nitrogens with zero attached hydrogens (tertiary/aromatic N) is 1. The fourth-order valence-electron chi connectivity index (χ4n) is 2.23. The second-order valence-corrected chi connectivity index (χ2v) is 4.79. The zero-order valence-corrected chi connectivity index (χ0v) is 9.62. The highest BCUT2D eigenvalue weighted by Crippen LogP contribution is 2.27. The van der Waals surface area contributed by atoms with E-state index in [0.29, 0.717) is 0 Å². The predicted octanol–water partition coefficient (Wildman–Crippen LogP) is 1.26. The van der Waals surface area contributed by atoms with Crippen molar-refractivity contribution in [3.8, 4) is 0 Å². The van der Waals surface area contributed by atoms with Gasteiger partial charge < -0.3 is 9.84 Å². The summed E-state index contributed by atoms with van der Waals surface area (Å²) in [6.07, 6.45) is 2.77. The minimum absolute atomic E-state index is 0.108. The molecule has 3 heteroatoms. The van der Waals surface area contributed by atoms with E-state index in [-0.39, 0.29) is 11.6 Å². The lowest BCUT2D eigenvalue weighted by Crippen LogP contribution is -2.51. The molecule has 1 rings (SSSR count). The Bertz CT molecular complexity index is 171. The third kappa shape index (κ3) is 3.23. The van der Waals surface area contributed by atoms with Gasteiger partial charge in [0.25, 0.3) is 0 Å². The predicted molar refractivity (Wildman–Crippen MR) is 57.4 cm³/mol. The number of ether oxygens (including phenoxy) is 1. The summed E-state index contributed by atoms with van der Waals surface area (Å²) in [6, 6.07) is 0.